The molecule has 3 atom stereocenters. The lowest BCUT2D eigenvalue weighted by molar-refractivity contribution is -0.00610. The van der Waals surface area contributed by atoms with Gasteiger partial charge in [0.15, 0.2) is 0 Å². The summed E-state index contributed by atoms with van der Waals surface area (Å²) in [5, 5.41) is 9.65. The predicted molar refractivity (Wildman–Crippen MR) is 64.7 cm³/mol. The smallest absolute Gasteiger partial charge is 0.330 e. The summed E-state index contributed by atoms with van der Waals surface area (Å²) in [6.07, 6.45) is 0.414. The number of hydrogen-bond donors (Lipinski definition) is 2. The van der Waals surface area contributed by atoms with E-state index in [2.05, 4.69) is 27.6 Å². The van der Waals surface area contributed by atoms with Crippen molar-refractivity contribution < 1.29 is 9.84 Å². The summed E-state index contributed by atoms with van der Waals surface area (Å²) in [6.45, 7) is 0. The molecule has 0 aromatic carbocycles. The number of aromatic nitrogens is 2. The Morgan fingerprint density at radius 1 is 1.62 bits per heavy atom. The van der Waals surface area contributed by atoms with Gasteiger partial charge in [0.25, 0.3) is 5.56 Å². The average Bonchev–Trinajstić information content (AvgIpc) is 2.59. The molecule has 0 saturated carbocycles. The van der Waals surface area contributed by atoms with Gasteiger partial charge in [-0.3, -0.25) is 14.3 Å². The van der Waals surface area contributed by atoms with Crippen molar-refractivity contribution >= 4 is 22.6 Å². The topological polar surface area (TPSA) is 84.3 Å². The van der Waals surface area contributed by atoms with Crippen LogP contribution in [0.5, 0.6) is 0 Å². The zero-order chi connectivity index (χ0) is 11.7. The fraction of sp³-hybridized carbons (Fsp3) is 0.556. The van der Waals surface area contributed by atoms with Crippen LogP contribution in [0, 0.1) is 0 Å². The molecule has 0 amide bonds. The quantitative estimate of drug-likeness (QED) is 0.569. The van der Waals surface area contributed by atoms with Crippen LogP contribution >= 0.6 is 22.6 Å². The molecule has 1 aliphatic rings. The maximum absolute atomic E-state index is 11.5. The van der Waals surface area contributed by atoms with Crippen LogP contribution in [0.4, 0.5) is 0 Å². The molecular formula is C9H11IN2O4. The van der Waals surface area contributed by atoms with E-state index >= 15 is 0 Å². The van der Waals surface area contributed by atoms with E-state index in [4.69, 9.17) is 4.74 Å². The minimum absolute atomic E-state index is 0.260. The van der Waals surface area contributed by atoms with Crippen molar-refractivity contribution in [2.45, 2.75) is 24.9 Å². The Morgan fingerprint density at radius 2 is 2.38 bits per heavy atom. The Hall–Kier alpha value is -0.670. The zero-order valence-corrected chi connectivity index (χ0v) is 10.5. The summed E-state index contributed by atoms with van der Waals surface area (Å²) in [7, 11) is 0. The number of aromatic amines is 1. The fourth-order valence-corrected chi connectivity index (χ4v) is 2.47. The number of aliphatic hydroxyl groups excluding tert-OH is 1. The van der Waals surface area contributed by atoms with Crippen molar-refractivity contribution in [1.29, 1.82) is 0 Å². The average molecular weight is 338 g/mol. The molecule has 7 heteroatoms. The highest BCUT2D eigenvalue weighted by Crippen LogP contribution is 2.28. The van der Waals surface area contributed by atoms with Gasteiger partial charge in [0, 0.05) is 23.1 Å². The van der Waals surface area contributed by atoms with Gasteiger partial charge in [-0.05, 0) is 0 Å². The molecule has 2 N–H and O–H groups in total. The van der Waals surface area contributed by atoms with Gasteiger partial charge >= 0.3 is 5.69 Å². The Morgan fingerprint density at radius 3 is 2.94 bits per heavy atom. The van der Waals surface area contributed by atoms with Crippen LogP contribution in [0.25, 0.3) is 0 Å². The van der Waals surface area contributed by atoms with Crippen molar-refractivity contribution in [3.8, 4) is 0 Å². The highest BCUT2D eigenvalue weighted by molar-refractivity contribution is 14.1. The minimum Gasteiger partial charge on any atom is -0.390 e. The van der Waals surface area contributed by atoms with E-state index < -0.39 is 23.6 Å². The first-order valence-electron chi connectivity index (χ1n) is 4.83. The van der Waals surface area contributed by atoms with Crippen LogP contribution in [-0.4, -0.2) is 31.3 Å². The van der Waals surface area contributed by atoms with Gasteiger partial charge in [0.1, 0.15) is 6.23 Å². The second kappa shape index (κ2) is 4.68. The van der Waals surface area contributed by atoms with Gasteiger partial charge < -0.3 is 9.84 Å². The number of ether oxygens (including phenoxy) is 1. The SMILES string of the molecule is O=c1ccn([C@H]2CC(O)[C@@H](CI)O2)c(=O)[nH]1. The molecule has 1 aromatic rings. The molecule has 1 saturated heterocycles. The van der Waals surface area contributed by atoms with Crippen molar-refractivity contribution in [3.05, 3.63) is 33.1 Å². The van der Waals surface area contributed by atoms with Gasteiger partial charge in [-0.25, -0.2) is 4.79 Å². The van der Waals surface area contributed by atoms with Crippen LogP contribution in [0.2, 0.25) is 0 Å². The third-order valence-corrected chi connectivity index (χ3v) is 3.39. The van der Waals surface area contributed by atoms with Crippen LogP contribution in [0.15, 0.2) is 21.9 Å². The predicted octanol–water partition coefficient (Wildman–Crippen LogP) is -0.380. The Balaban J connectivity index is 2.27. The summed E-state index contributed by atoms with van der Waals surface area (Å²) < 4.78 is 7.46. The number of nitrogens with one attached hydrogen (secondary N) is 1. The summed E-state index contributed by atoms with van der Waals surface area (Å²) in [4.78, 5) is 24.5. The van der Waals surface area contributed by atoms with Crippen LogP contribution in [0.1, 0.15) is 12.6 Å². The van der Waals surface area contributed by atoms with Gasteiger partial charge in [0.2, 0.25) is 0 Å². The number of rotatable bonds is 2. The largest absolute Gasteiger partial charge is 0.390 e. The molecule has 88 valence electrons. The number of halogens is 1. The lowest BCUT2D eigenvalue weighted by atomic mass is 10.2. The molecule has 1 aliphatic heterocycles. The molecule has 2 heterocycles. The molecular weight excluding hydrogens is 327 g/mol. The van der Waals surface area contributed by atoms with E-state index in [0.717, 1.165) is 0 Å². The van der Waals surface area contributed by atoms with Gasteiger partial charge in [-0.15, -0.1) is 0 Å². The number of aliphatic hydroxyl groups is 1. The van der Waals surface area contributed by atoms with Crippen molar-refractivity contribution in [2.24, 2.45) is 0 Å². The molecule has 0 bridgehead atoms. The Bertz CT molecular complexity index is 483. The minimum atomic E-state index is -0.569. The van der Waals surface area contributed by atoms with E-state index in [0.29, 0.717) is 10.8 Å². The third kappa shape index (κ3) is 2.20. The fourth-order valence-electron chi connectivity index (χ4n) is 1.68. The molecule has 16 heavy (non-hydrogen) atoms. The van der Waals surface area contributed by atoms with E-state index in [1.165, 1.54) is 16.8 Å². The molecule has 1 aromatic heterocycles. The number of hydrogen-bond acceptors (Lipinski definition) is 4. The Kier molecular flexibility index (Phi) is 3.45. The summed E-state index contributed by atoms with van der Waals surface area (Å²) >= 11 is 2.12. The van der Waals surface area contributed by atoms with E-state index in [-0.39, 0.29) is 6.10 Å². The lowest BCUT2D eigenvalue weighted by Gasteiger charge is -2.13. The summed E-state index contributed by atoms with van der Waals surface area (Å²) in [6, 6.07) is 1.26. The molecule has 0 aliphatic carbocycles. The normalized spacial score (nSPS) is 29.5. The monoisotopic (exact) mass is 338 g/mol. The van der Waals surface area contributed by atoms with Crippen molar-refractivity contribution in [1.82, 2.24) is 9.55 Å². The van der Waals surface area contributed by atoms with Crippen LogP contribution in [0.3, 0.4) is 0 Å². The molecule has 1 fully saturated rings. The van der Waals surface area contributed by atoms with Gasteiger partial charge in [-0.2, -0.15) is 0 Å². The number of nitrogens with zero attached hydrogens (tertiary/aromatic N) is 1. The molecule has 2 rings (SSSR count). The zero-order valence-electron chi connectivity index (χ0n) is 8.30. The van der Waals surface area contributed by atoms with Gasteiger partial charge in [-0.1, -0.05) is 22.6 Å². The van der Waals surface area contributed by atoms with Crippen LogP contribution in [-0.2, 0) is 4.74 Å². The first-order valence-corrected chi connectivity index (χ1v) is 6.35. The second-order valence-corrected chi connectivity index (χ2v) is 4.48. The second-order valence-electron chi connectivity index (χ2n) is 3.60. The van der Waals surface area contributed by atoms with E-state index in [9.17, 15) is 14.7 Å². The van der Waals surface area contributed by atoms with Gasteiger partial charge in [0.05, 0.1) is 12.2 Å². The number of H-pyrrole nitrogens is 1. The van der Waals surface area contributed by atoms with E-state index in [1.807, 2.05) is 0 Å². The Labute approximate surface area is 104 Å². The van der Waals surface area contributed by atoms with Crippen LogP contribution < -0.4 is 11.2 Å². The summed E-state index contributed by atoms with van der Waals surface area (Å²) in [5.74, 6) is 0. The lowest BCUT2D eigenvalue weighted by Crippen LogP contribution is -2.31. The first-order chi connectivity index (χ1) is 7.61. The molecule has 1 unspecified atom stereocenters. The maximum atomic E-state index is 11.5. The molecule has 6 nitrogen and oxygen atoms in total. The molecule has 0 radical (unpaired) electrons. The standard InChI is InChI=1S/C9H11IN2O4/c10-4-6-5(13)3-8(16-6)12-2-1-7(14)11-9(12)15/h1-2,5-6,8,13H,3-4H2,(H,11,14,15)/t5?,6-,8-/m1/s1. The third-order valence-electron chi connectivity index (χ3n) is 2.52. The highest BCUT2D eigenvalue weighted by Gasteiger charge is 2.34. The maximum Gasteiger partial charge on any atom is 0.330 e. The number of alkyl halides is 1. The first kappa shape index (κ1) is 11.8. The van der Waals surface area contributed by atoms with E-state index in [1.54, 1.807) is 0 Å². The highest BCUT2D eigenvalue weighted by atomic mass is 127. The summed E-state index contributed by atoms with van der Waals surface area (Å²) in [5.41, 5.74) is -0.955. The van der Waals surface area contributed by atoms with Crippen molar-refractivity contribution in [3.63, 3.8) is 0 Å². The van der Waals surface area contributed by atoms with Crippen molar-refractivity contribution in [2.75, 3.05) is 4.43 Å². The molecule has 0 spiro atoms.